The van der Waals surface area contributed by atoms with Crippen LogP contribution in [-0.4, -0.2) is 52.9 Å². The zero-order valence-electron chi connectivity index (χ0n) is 14.0. The van der Waals surface area contributed by atoms with Crippen LogP contribution in [0.15, 0.2) is 41.3 Å². The fourth-order valence-electron chi connectivity index (χ4n) is 2.38. The van der Waals surface area contributed by atoms with Gasteiger partial charge in [-0.15, -0.1) is 0 Å². The van der Waals surface area contributed by atoms with Crippen LogP contribution < -0.4 is 4.90 Å². The van der Waals surface area contributed by atoms with E-state index in [0.29, 0.717) is 17.4 Å². The lowest BCUT2D eigenvalue weighted by atomic mass is 10.3. The highest BCUT2D eigenvalue weighted by Crippen LogP contribution is 2.31. The van der Waals surface area contributed by atoms with Crippen molar-refractivity contribution in [1.82, 2.24) is 19.9 Å². The summed E-state index contributed by atoms with van der Waals surface area (Å²) in [5.41, 5.74) is 1.21. The molecular weight excluding hydrogens is 402 g/mol. The van der Waals surface area contributed by atoms with E-state index in [0.717, 1.165) is 27.7 Å². The fourth-order valence-corrected chi connectivity index (χ4v) is 3.92. The summed E-state index contributed by atoms with van der Waals surface area (Å²) < 4.78 is 2.03. The number of thiazole rings is 1. The Kier molecular flexibility index (Phi) is 5.72. The molecular formula is C17H18BrN5OS. The normalized spacial score (nSPS) is 11.2. The lowest BCUT2D eigenvalue weighted by Crippen LogP contribution is -2.34. The van der Waals surface area contributed by atoms with Crippen LogP contribution in [0.3, 0.4) is 0 Å². The third-order valence-corrected chi connectivity index (χ3v) is 5.12. The second-order valence-electron chi connectivity index (χ2n) is 5.81. The highest BCUT2D eigenvalue weighted by Gasteiger charge is 2.22. The van der Waals surface area contributed by atoms with Gasteiger partial charge in [0.1, 0.15) is 5.69 Å². The Morgan fingerprint density at radius 3 is 2.80 bits per heavy atom. The van der Waals surface area contributed by atoms with Crippen molar-refractivity contribution in [2.45, 2.75) is 6.42 Å². The molecule has 0 aliphatic carbocycles. The van der Waals surface area contributed by atoms with E-state index in [1.165, 1.54) is 23.7 Å². The van der Waals surface area contributed by atoms with Crippen molar-refractivity contribution in [3.8, 4) is 0 Å². The number of rotatable bonds is 6. The number of anilines is 1. The van der Waals surface area contributed by atoms with E-state index in [-0.39, 0.29) is 5.91 Å². The molecule has 0 radical (unpaired) electrons. The Balaban J connectivity index is 1.92. The molecule has 0 N–H and O–H groups in total. The lowest BCUT2D eigenvalue weighted by molar-refractivity contribution is 0.0981. The molecule has 2 heterocycles. The minimum absolute atomic E-state index is 0.176. The number of nitrogens with zero attached hydrogens (tertiary/aromatic N) is 5. The van der Waals surface area contributed by atoms with Crippen LogP contribution in [-0.2, 0) is 0 Å². The molecule has 0 saturated heterocycles. The van der Waals surface area contributed by atoms with E-state index in [1.54, 1.807) is 11.1 Å². The minimum atomic E-state index is -0.176. The second-order valence-corrected chi connectivity index (χ2v) is 7.74. The minimum Gasteiger partial charge on any atom is -0.309 e. The number of fused-ring (bicyclic) bond motifs is 1. The van der Waals surface area contributed by atoms with Crippen molar-refractivity contribution < 1.29 is 4.79 Å². The highest BCUT2D eigenvalue weighted by atomic mass is 79.9. The average Bonchev–Trinajstić information content (AvgIpc) is 3.01. The Hall–Kier alpha value is -1.90. The van der Waals surface area contributed by atoms with E-state index in [2.05, 4.69) is 35.8 Å². The van der Waals surface area contributed by atoms with Crippen molar-refractivity contribution >= 4 is 48.5 Å². The number of halogens is 1. The predicted octanol–water partition coefficient (Wildman–Crippen LogP) is 3.45. The van der Waals surface area contributed by atoms with E-state index in [4.69, 9.17) is 0 Å². The predicted molar refractivity (Wildman–Crippen MR) is 104 cm³/mol. The zero-order valence-corrected chi connectivity index (χ0v) is 16.4. The summed E-state index contributed by atoms with van der Waals surface area (Å²) >= 11 is 4.98. The first-order chi connectivity index (χ1) is 12.0. The summed E-state index contributed by atoms with van der Waals surface area (Å²) in [6, 6.07) is 5.91. The largest absolute Gasteiger partial charge is 0.309 e. The standard InChI is InChI=1S/C17H18BrN5OS/c1-22(2)8-3-9-23(16(24)14-11-19-6-7-20-14)17-21-13-5-4-12(18)10-15(13)25-17/h4-7,10-11H,3,8-9H2,1-2H3. The molecule has 3 aromatic rings. The Morgan fingerprint density at radius 2 is 2.08 bits per heavy atom. The van der Waals surface area contributed by atoms with Crippen LogP contribution >= 0.6 is 27.3 Å². The molecule has 0 saturated carbocycles. The number of hydrogen-bond acceptors (Lipinski definition) is 6. The molecule has 0 aliphatic rings. The number of hydrogen-bond donors (Lipinski definition) is 0. The van der Waals surface area contributed by atoms with Crippen LogP contribution in [0, 0.1) is 0 Å². The van der Waals surface area contributed by atoms with Crippen LogP contribution in [0.4, 0.5) is 5.13 Å². The van der Waals surface area contributed by atoms with Crippen molar-refractivity contribution in [2.75, 3.05) is 32.1 Å². The molecule has 3 rings (SSSR count). The van der Waals surface area contributed by atoms with Crippen molar-refractivity contribution in [3.63, 3.8) is 0 Å². The maximum atomic E-state index is 12.9. The molecule has 0 fully saturated rings. The topological polar surface area (TPSA) is 62.2 Å². The quantitative estimate of drug-likeness (QED) is 0.612. The molecule has 6 nitrogen and oxygen atoms in total. The molecule has 0 atom stereocenters. The van der Waals surface area contributed by atoms with Gasteiger partial charge in [0.15, 0.2) is 5.13 Å². The smallest absolute Gasteiger partial charge is 0.280 e. The average molecular weight is 420 g/mol. The third-order valence-electron chi connectivity index (χ3n) is 3.58. The van der Waals surface area contributed by atoms with Crippen LogP contribution in [0.2, 0.25) is 0 Å². The summed E-state index contributed by atoms with van der Waals surface area (Å²) in [5.74, 6) is -0.176. The van der Waals surface area contributed by atoms with Gasteiger partial charge in [0.2, 0.25) is 0 Å². The van der Waals surface area contributed by atoms with Crippen molar-refractivity contribution in [3.05, 3.63) is 47.0 Å². The molecule has 1 aromatic carbocycles. The second kappa shape index (κ2) is 7.99. The summed E-state index contributed by atoms with van der Waals surface area (Å²) in [4.78, 5) is 29.5. The summed E-state index contributed by atoms with van der Waals surface area (Å²) in [6.07, 6.45) is 5.42. The maximum absolute atomic E-state index is 12.9. The van der Waals surface area contributed by atoms with Gasteiger partial charge in [-0.3, -0.25) is 14.7 Å². The summed E-state index contributed by atoms with van der Waals surface area (Å²) in [6.45, 7) is 1.47. The molecule has 0 bridgehead atoms. The van der Waals surface area contributed by atoms with E-state index in [1.807, 2.05) is 32.3 Å². The summed E-state index contributed by atoms with van der Waals surface area (Å²) in [7, 11) is 4.04. The maximum Gasteiger partial charge on any atom is 0.280 e. The Morgan fingerprint density at radius 1 is 1.24 bits per heavy atom. The molecule has 0 unspecified atom stereocenters. The number of carbonyl (C=O) groups excluding carboxylic acids is 1. The molecule has 0 aliphatic heterocycles. The first kappa shape index (κ1) is 17.9. The van der Waals surface area contributed by atoms with E-state index >= 15 is 0 Å². The molecule has 0 spiro atoms. The molecule has 1 amide bonds. The fraction of sp³-hybridized carbons (Fsp3) is 0.294. The van der Waals surface area contributed by atoms with Crippen molar-refractivity contribution in [1.29, 1.82) is 0 Å². The van der Waals surface area contributed by atoms with Gasteiger partial charge in [-0.25, -0.2) is 9.97 Å². The highest BCUT2D eigenvalue weighted by molar-refractivity contribution is 9.10. The van der Waals surface area contributed by atoms with Crippen LogP contribution in [0.5, 0.6) is 0 Å². The van der Waals surface area contributed by atoms with Gasteiger partial charge < -0.3 is 4.90 Å². The SMILES string of the molecule is CN(C)CCCN(C(=O)c1cnccn1)c1nc2ccc(Br)cc2s1. The van der Waals surface area contributed by atoms with Gasteiger partial charge in [-0.05, 0) is 45.3 Å². The van der Waals surface area contributed by atoms with Crippen molar-refractivity contribution in [2.24, 2.45) is 0 Å². The molecule has 25 heavy (non-hydrogen) atoms. The molecule has 2 aromatic heterocycles. The Labute approximate surface area is 158 Å². The third kappa shape index (κ3) is 4.39. The first-order valence-electron chi connectivity index (χ1n) is 7.83. The molecule has 130 valence electrons. The van der Waals surface area contributed by atoms with Gasteiger partial charge in [0.25, 0.3) is 5.91 Å². The van der Waals surface area contributed by atoms with E-state index < -0.39 is 0 Å². The monoisotopic (exact) mass is 419 g/mol. The molecule has 8 heteroatoms. The van der Waals surface area contributed by atoms with Gasteiger partial charge >= 0.3 is 0 Å². The summed E-state index contributed by atoms with van der Waals surface area (Å²) in [5, 5.41) is 0.683. The van der Waals surface area contributed by atoms with Crippen LogP contribution in [0.1, 0.15) is 16.9 Å². The van der Waals surface area contributed by atoms with Gasteiger partial charge in [0, 0.05) is 23.4 Å². The van der Waals surface area contributed by atoms with E-state index in [9.17, 15) is 4.79 Å². The van der Waals surface area contributed by atoms with Crippen LogP contribution in [0.25, 0.3) is 10.2 Å². The lowest BCUT2D eigenvalue weighted by Gasteiger charge is -2.20. The number of amides is 1. The zero-order chi connectivity index (χ0) is 17.8. The van der Waals surface area contributed by atoms with Gasteiger partial charge in [0.05, 0.1) is 16.4 Å². The number of benzene rings is 1. The Bertz CT molecular complexity index is 868. The number of carbonyl (C=O) groups is 1. The van der Waals surface area contributed by atoms with Gasteiger partial charge in [-0.1, -0.05) is 27.3 Å². The first-order valence-corrected chi connectivity index (χ1v) is 9.44. The van der Waals surface area contributed by atoms with Gasteiger partial charge in [-0.2, -0.15) is 0 Å². The number of aromatic nitrogens is 3.